The molecule has 1 rings (SSSR count). The van der Waals surface area contributed by atoms with E-state index in [2.05, 4.69) is 10.6 Å². The third kappa shape index (κ3) is 5.16. The molecule has 0 saturated heterocycles. The lowest BCUT2D eigenvalue weighted by atomic mass is 10.2. The molecule has 0 aromatic heterocycles. The Morgan fingerprint density at radius 3 is 2.72 bits per heavy atom. The first-order valence-corrected chi connectivity index (χ1v) is 6.11. The molecular formula is C13H20N2O3. The van der Waals surface area contributed by atoms with Crippen LogP contribution in [0.15, 0.2) is 18.2 Å². The molecule has 0 fully saturated rings. The van der Waals surface area contributed by atoms with Crippen LogP contribution in [0.4, 0.5) is 5.69 Å². The highest BCUT2D eigenvalue weighted by Gasteiger charge is 2.00. The molecule has 100 valence electrons. The number of hydrogen-bond donors (Lipinski definition) is 4. The maximum Gasteiger partial charge on any atom is 0.153 e. The first kappa shape index (κ1) is 14.5. The number of aliphatic hydroxyl groups excluding tert-OH is 1. The van der Waals surface area contributed by atoms with Crippen molar-refractivity contribution in [3.63, 3.8) is 0 Å². The Labute approximate surface area is 107 Å². The van der Waals surface area contributed by atoms with Crippen molar-refractivity contribution < 1.29 is 15.0 Å². The van der Waals surface area contributed by atoms with E-state index in [9.17, 15) is 9.90 Å². The molecular weight excluding hydrogens is 232 g/mol. The average Bonchev–Trinajstić information content (AvgIpc) is 2.39. The number of aromatic hydroxyl groups is 1. The Morgan fingerprint density at radius 2 is 2.00 bits per heavy atom. The van der Waals surface area contributed by atoms with Crippen LogP contribution in [0.25, 0.3) is 0 Å². The second-order valence-electron chi connectivity index (χ2n) is 4.00. The summed E-state index contributed by atoms with van der Waals surface area (Å²) in [4.78, 5) is 10.6. The van der Waals surface area contributed by atoms with E-state index in [4.69, 9.17) is 5.11 Å². The predicted octanol–water partition coefficient (Wildman–Crippen LogP) is 0.979. The fourth-order valence-corrected chi connectivity index (χ4v) is 1.54. The number of aliphatic hydroxyl groups is 1. The molecule has 0 aliphatic rings. The largest absolute Gasteiger partial charge is 0.507 e. The van der Waals surface area contributed by atoms with Gasteiger partial charge in [-0.2, -0.15) is 0 Å². The second-order valence-corrected chi connectivity index (χ2v) is 4.00. The Kier molecular flexibility index (Phi) is 6.83. The van der Waals surface area contributed by atoms with Crippen molar-refractivity contribution in [2.24, 2.45) is 0 Å². The molecule has 1 aromatic carbocycles. The van der Waals surface area contributed by atoms with Crippen molar-refractivity contribution >= 4 is 12.0 Å². The highest BCUT2D eigenvalue weighted by Crippen LogP contribution is 2.19. The quantitative estimate of drug-likeness (QED) is 0.299. The molecule has 0 amide bonds. The van der Waals surface area contributed by atoms with Gasteiger partial charge >= 0.3 is 0 Å². The molecule has 4 N–H and O–H groups in total. The van der Waals surface area contributed by atoms with Crippen LogP contribution < -0.4 is 10.6 Å². The monoisotopic (exact) mass is 252 g/mol. The summed E-state index contributed by atoms with van der Waals surface area (Å²) < 4.78 is 0. The average molecular weight is 252 g/mol. The Bertz CT molecular complexity index is 369. The van der Waals surface area contributed by atoms with Crippen molar-refractivity contribution in [2.75, 3.05) is 31.6 Å². The fraction of sp³-hybridized carbons (Fsp3) is 0.462. The number of phenolic OH excluding ortho intramolecular Hbond substituents is 1. The van der Waals surface area contributed by atoms with Gasteiger partial charge in [0.05, 0.1) is 5.56 Å². The molecule has 0 unspecified atom stereocenters. The summed E-state index contributed by atoms with van der Waals surface area (Å²) in [6, 6.07) is 4.85. The van der Waals surface area contributed by atoms with Gasteiger partial charge in [0.2, 0.25) is 0 Å². The lowest BCUT2D eigenvalue weighted by Gasteiger charge is -2.08. The number of carbonyl (C=O) groups excluding carboxylic acids is 1. The number of hydrogen-bond acceptors (Lipinski definition) is 5. The Hall–Kier alpha value is -1.59. The van der Waals surface area contributed by atoms with Crippen LogP contribution in [0, 0.1) is 0 Å². The zero-order chi connectivity index (χ0) is 13.2. The van der Waals surface area contributed by atoms with Gasteiger partial charge in [-0.05, 0) is 37.6 Å². The minimum Gasteiger partial charge on any atom is -0.507 e. The van der Waals surface area contributed by atoms with E-state index in [1.54, 1.807) is 12.1 Å². The SMILES string of the molecule is O=Cc1cc(NCCNCCCCO)ccc1O. The molecule has 0 bridgehead atoms. The van der Waals surface area contributed by atoms with E-state index >= 15 is 0 Å². The topological polar surface area (TPSA) is 81.6 Å². The molecule has 0 spiro atoms. The minimum absolute atomic E-state index is 0.00215. The highest BCUT2D eigenvalue weighted by atomic mass is 16.3. The Balaban J connectivity index is 2.21. The third-order valence-corrected chi connectivity index (χ3v) is 2.55. The van der Waals surface area contributed by atoms with Crippen LogP contribution in [0.5, 0.6) is 5.75 Å². The number of rotatable bonds is 9. The normalized spacial score (nSPS) is 10.3. The maximum atomic E-state index is 10.6. The van der Waals surface area contributed by atoms with E-state index in [0.717, 1.165) is 38.2 Å². The summed E-state index contributed by atoms with van der Waals surface area (Å²) in [5.41, 5.74) is 1.10. The fourth-order valence-electron chi connectivity index (χ4n) is 1.54. The lowest BCUT2D eigenvalue weighted by molar-refractivity contribution is 0.112. The van der Waals surface area contributed by atoms with E-state index in [1.807, 2.05) is 0 Å². The number of carbonyl (C=O) groups is 1. The predicted molar refractivity (Wildman–Crippen MR) is 71.2 cm³/mol. The molecule has 0 saturated carbocycles. The van der Waals surface area contributed by atoms with Crippen LogP contribution in [-0.2, 0) is 0 Å². The first-order chi connectivity index (χ1) is 8.77. The third-order valence-electron chi connectivity index (χ3n) is 2.55. The summed E-state index contributed by atoms with van der Waals surface area (Å²) in [7, 11) is 0. The van der Waals surface area contributed by atoms with Gasteiger partial charge in [0.25, 0.3) is 0 Å². The van der Waals surface area contributed by atoms with Gasteiger partial charge in [-0.1, -0.05) is 0 Å². The molecule has 18 heavy (non-hydrogen) atoms. The van der Waals surface area contributed by atoms with Crippen LogP contribution in [0.1, 0.15) is 23.2 Å². The van der Waals surface area contributed by atoms with Crippen LogP contribution in [-0.4, -0.2) is 42.7 Å². The molecule has 0 atom stereocenters. The molecule has 0 heterocycles. The van der Waals surface area contributed by atoms with Gasteiger partial charge in [-0.25, -0.2) is 0 Å². The molecule has 0 aliphatic heterocycles. The minimum atomic E-state index is -0.00215. The van der Waals surface area contributed by atoms with Gasteiger partial charge in [0, 0.05) is 25.4 Å². The van der Waals surface area contributed by atoms with Crippen molar-refractivity contribution in [1.29, 1.82) is 0 Å². The maximum absolute atomic E-state index is 10.6. The second kappa shape index (κ2) is 8.49. The lowest BCUT2D eigenvalue weighted by Crippen LogP contribution is -2.23. The van der Waals surface area contributed by atoms with Gasteiger partial charge in [-0.15, -0.1) is 0 Å². The van der Waals surface area contributed by atoms with Crippen LogP contribution in [0.2, 0.25) is 0 Å². The van der Waals surface area contributed by atoms with Crippen molar-refractivity contribution in [1.82, 2.24) is 5.32 Å². The van der Waals surface area contributed by atoms with Gasteiger partial charge in [-0.3, -0.25) is 4.79 Å². The van der Waals surface area contributed by atoms with Crippen LogP contribution >= 0.6 is 0 Å². The number of nitrogens with one attached hydrogen (secondary N) is 2. The number of benzene rings is 1. The van der Waals surface area contributed by atoms with Gasteiger partial charge in [0.1, 0.15) is 5.75 Å². The molecule has 1 aromatic rings. The highest BCUT2D eigenvalue weighted by molar-refractivity contribution is 5.81. The summed E-state index contributed by atoms with van der Waals surface area (Å²) in [5, 5.41) is 24.3. The summed E-state index contributed by atoms with van der Waals surface area (Å²) in [6.45, 7) is 2.67. The zero-order valence-electron chi connectivity index (χ0n) is 10.4. The summed E-state index contributed by atoms with van der Waals surface area (Å²) in [5.74, 6) is -0.00215. The van der Waals surface area contributed by atoms with Gasteiger partial charge < -0.3 is 20.8 Å². The number of phenols is 1. The van der Waals surface area contributed by atoms with Gasteiger partial charge in [0.15, 0.2) is 6.29 Å². The number of aldehydes is 1. The standard InChI is InChI=1S/C13H20N2O3/c16-8-2-1-5-14-6-7-15-12-3-4-13(18)11(9-12)10-17/h3-4,9-10,14-16,18H,1-2,5-8H2. The van der Waals surface area contributed by atoms with E-state index < -0.39 is 0 Å². The molecule has 5 heteroatoms. The molecule has 5 nitrogen and oxygen atoms in total. The number of unbranched alkanes of at least 4 members (excludes halogenated alkanes) is 1. The van der Waals surface area contributed by atoms with E-state index in [-0.39, 0.29) is 17.9 Å². The van der Waals surface area contributed by atoms with E-state index in [0.29, 0.717) is 6.29 Å². The molecule has 0 radical (unpaired) electrons. The Morgan fingerprint density at radius 1 is 1.17 bits per heavy atom. The number of anilines is 1. The van der Waals surface area contributed by atoms with E-state index in [1.165, 1.54) is 6.07 Å². The van der Waals surface area contributed by atoms with Crippen molar-refractivity contribution in [2.45, 2.75) is 12.8 Å². The zero-order valence-corrected chi connectivity index (χ0v) is 10.4. The smallest absolute Gasteiger partial charge is 0.153 e. The summed E-state index contributed by atoms with van der Waals surface area (Å²) >= 11 is 0. The van der Waals surface area contributed by atoms with Crippen molar-refractivity contribution in [3.05, 3.63) is 23.8 Å². The first-order valence-electron chi connectivity index (χ1n) is 6.11. The van der Waals surface area contributed by atoms with Crippen LogP contribution in [0.3, 0.4) is 0 Å². The van der Waals surface area contributed by atoms with Crippen molar-refractivity contribution in [3.8, 4) is 5.75 Å². The molecule has 0 aliphatic carbocycles. The summed E-state index contributed by atoms with van der Waals surface area (Å²) in [6.07, 6.45) is 2.42.